The van der Waals surface area contributed by atoms with Crippen LogP contribution in [0.1, 0.15) is 55.8 Å². The Hall–Kier alpha value is -3.06. The Kier molecular flexibility index (Phi) is 10.1. The second kappa shape index (κ2) is 13.9. The number of likely N-dealkylation sites (tertiary alicyclic amines) is 1. The zero-order valence-electron chi connectivity index (χ0n) is 24.3. The highest BCUT2D eigenvalue weighted by Gasteiger charge is 2.43. The fourth-order valence-electron chi connectivity index (χ4n) is 5.71. The van der Waals surface area contributed by atoms with Gasteiger partial charge in [0, 0.05) is 49.6 Å². The van der Waals surface area contributed by atoms with E-state index in [0.717, 1.165) is 49.2 Å². The summed E-state index contributed by atoms with van der Waals surface area (Å²) in [5, 5.41) is 14.7. The van der Waals surface area contributed by atoms with Crippen LogP contribution in [0, 0.1) is 5.92 Å². The van der Waals surface area contributed by atoms with Gasteiger partial charge in [0.15, 0.2) is 12.1 Å². The molecule has 228 valence electrons. The van der Waals surface area contributed by atoms with Gasteiger partial charge in [-0.25, -0.2) is 4.79 Å². The number of hydrogen-bond donors (Lipinski definition) is 3. The van der Waals surface area contributed by atoms with Crippen LogP contribution in [0.2, 0.25) is 0 Å². The summed E-state index contributed by atoms with van der Waals surface area (Å²) in [5.74, 6) is -0.854. The lowest BCUT2D eigenvalue weighted by molar-refractivity contribution is -0.278. The van der Waals surface area contributed by atoms with Gasteiger partial charge < -0.3 is 44.3 Å². The van der Waals surface area contributed by atoms with Crippen molar-refractivity contribution in [1.82, 2.24) is 10.2 Å². The Morgan fingerprint density at radius 1 is 1.00 bits per heavy atom. The van der Waals surface area contributed by atoms with Gasteiger partial charge in [0.05, 0.1) is 38.6 Å². The van der Waals surface area contributed by atoms with E-state index < -0.39 is 24.1 Å². The number of nitrogens with zero attached hydrogens (tertiary/aromatic N) is 1. The number of rotatable bonds is 9. The topological polar surface area (TPSA) is 128 Å². The van der Waals surface area contributed by atoms with E-state index in [-0.39, 0.29) is 37.9 Å². The van der Waals surface area contributed by atoms with E-state index in [1.165, 1.54) is 0 Å². The second-order valence-electron chi connectivity index (χ2n) is 11.0. The third-order valence-electron chi connectivity index (χ3n) is 8.13. The highest BCUT2D eigenvalue weighted by Crippen LogP contribution is 2.42. The fourth-order valence-corrected chi connectivity index (χ4v) is 5.71. The molecule has 0 bridgehead atoms. The Bertz CT molecular complexity index is 1180. The zero-order valence-corrected chi connectivity index (χ0v) is 24.3. The number of benzene rings is 2. The lowest BCUT2D eigenvalue weighted by Gasteiger charge is -2.44. The smallest absolute Gasteiger partial charge is 0.325 e. The van der Waals surface area contributed by atoms with Gasteiger partial charge in [-0.15, -0.1) is 0 Å². The van der Waals surface area contributed by atoms with Gasteiger partial charge in [0.2, 0.25) is 0 Å². The highest BCUT2D eigenvalue weighted by atomic mass is 16.7. The number of nitrogens with one attached hydrogen (secondary N) is 2. The molecule has 3 N–H and O–H groups in total. The summed E-state index contributed by atoms with van der Waals surface area (Å²) in [6.45, 7) is 7.70. The molecule has 3 saturated heterocycles. The molecule has 2 amide bonds. The molecule has 1 spiro atoms. The molecule has 0 unspecified atom stereocenters. The van der Waals surface area contributed by atoms with Crippen molar-refractivity contribution in [2.45, 2.75) is 57.6 Å². The van der Waals surface area contributed by atoms with Crippen LogP contribution in [0.25, 0.3) is 0 Å². The molecule has 0 radical (unpaired) electrons. The van der Waals surface area contributed by atoms with Crippen molar-refractivity contribution >= 4 is 17.7 Å². The molecule has 2 aromatic rings. The summed E-state index contributed by atoms with van der Waals surface area (Å²) in [6.07, 6.45) is 0.741. The predicted octanol–water partition coefficient (Wildman–Crippen LogP) is 3.49. The summed E-state index contributed by atoms with van der Waals surface area (Å²) < 4.78 is 29.8. The molecule has 3 heterocycles. The quantitative estimate of drug-likeness (QED) is 0.380. The first-order valence-electron chi connectivity index (χ1n) is 14.7. The third kappa shape index (κ3) is 7.47. The Balaban J connectivity index is 1.26. The molecule has 5 rings (SSSR count). The highest BCUT2D eigenvalue weighted by molar-refractivity contribution is 5.91. The van der Waals surface area contributed by atoms with Crippen LogP contribution in [0.3, 0.4) is 0 Å². The second-order valence-corrected chi connectivity index (χ2v) is 11.0. The molecule has 3 aliphatic heterocycles. The molecule has 4 atom stereocenters. The van der Waals surface area contributed by atoms with Gasteiger partial charge in [0.25, 0.3) is 0 Å². The van der Waals surface area contributed by atoms with Gasteiger partial charge >= 0.3 is 12.0 Å². The number of amides is 2. The molecule has 11 heteroatoms. The van der Waals surface area contributed by atoms with Gasteiger partial charge in [-0.3, -0.25) is 4.79 Å². The van der Waals surface area contributed by atoms with Crippen LogP contribution < -0.4 is 10.6 Å². The Morgan fingerprint density at radius 3 is 2.31 bits per heavy atom. The lowest BCUT2D eigenvalue weighted by atomic mass is 9.89. The molecule has 0 aromatic heterocycles. The number of aliphatic hydroxyl groups excluding tert-OH is 1. The van der Waals surface area contributed by atoms with Crippen LogP contribution in [0.5, 0.6) is 0 Å². The largest absolute Gasteiger partial charge is 0.465 e. The van der Waals surface area contributed by atoms with E-state index in [1.54, 1.807) is 19.1 Å². The fraction of sp³-hybridized carbons (Fsp3) is 0.548. The Labute approximate surface area is 246 Å². The molecule has 2 aromatic carbocycles. The van der Waals surface area contributed by atoms with Crippen molar-refractivity contribution in [3.8, 4) is 0 Å². The summed E-state index contributed by atoms with van der Waals surface area (Å²) >= 11 is 0. The minimum absolute atomic E-state index is 0.0131. The van der Waals surface area contributed by atoms with E-state index in [2.05, 4.69) is 22.5 Å². The molecule has 3 fully saturated rings. The zero-order chi connectivity index (χ0) is 29.5. The molecule has 11 nitrogen and oxygen atoms in total. The van der Waals surface area contributed by atoms with Crippen LogP contribution in [-0.2, 0) is 35.1 Å². The standard InChI is InChI=1S/C31H41N3O8/c1-3-38-27(36)18-32-30(37)33-25-10-8-24(9-11-25)29-41-26(19-34-14-12-31(13-15-34)39-16-17-40-31)21(2)28(42-29)23-6-4-22(20-35)5-7-23/h4-11,21,26,28-29,35H,3,12-20H2,1-2H3,(H2,32,33,37)/t21-,26+,28+,29+/m1/s1. The molecular weight excluding hydrogens is 542 g/mol. The number of anilines is 1. The number of carbonyl (C=O) groups excluding carboxylic acids is 2. The van der Waals surface area contributed by atoms with E-state index in [1.807, 2.05) is 36.4 Å². The maximum atomic E-state index is 12.2. The number of hydrogen-bond acceptors (Lipinski definition) is 9. The molecular formula is C31H41N3O8. The normalized spacial score (nSPS) is 25.7. The van der Waals surface area contributed by atoms with E-state index >= 15 is 0 Å². The van der Waals surface area contributed by atoms with Crippen molar-refractivity contribution in [2.24, 2.45) is 5.92 Å². The van der Waals surface area contributed by atoms with Crippen molar-refractivity contribution in [2.75, 3.05) is 51.3 Å². The van der Waals surface area contributed by atoms with Crippen LogP contribution in [0.15, 0.2) is 48.5 Å². The number of esters is 1. The molecule has 0 aliphatic carbocycles. The van der Waals surface area contributed by atoms with E-state index in [0.29, 0.717) is 18.9 Å². The lowest BCUT2D eigenvalue weighted by Crippen LogP contribution is -2.50. The van der Waals surface area contributed by atoms with Crippen molar-refractivity contribution in [3.63, 3.8) is 0 Å². The number of carbonyl (C=O) groups is 2. The molecule has 0 saturated carbocycles. The number of ether oxygens (including phenoxy) is 5. The molecule has 42 heavy (non-hydrogen) atoms. The first-order valence-corrected chi connectivity index (χ1v) is 14.7. The minimum atomic E-state index is -0.613. The summed E-state index contributed by atoms with van der Waals surface area (Å²) in [5.41, 5.74) is 3.27. The van der Waals surface area contributed by atoms with Crippen molar-refractivity contribution in [1.29, 1.82) is 0 Å². The van der Waals surface area contributed by atoms with E-state index in [4.69, 9.17) is 23.7 Å². The number of piperidine rings is 1. The van der Waals surface area contributed by atoms with Crippen molar-refractivity contribution in [3.05, 3.63) is 65.2 Å². The third-order valence-corrected chi connectivity index (χ3v) is 8.13. The average molecular weight is 584 g/mol. The van der Waals surface area contributed by atoms with Crippen LogP contribution >= 0.6 is 0 Å². The summed E-state index contributed by atoms with van der Waals surface area (Å²) in [6, 6.07) is 14.6. The monoisotopic (exact) mass is 583 g/mol. The van der Waals surface area contributed by atoms with Gasteiger partial charge in [-0.2, -0.15) is 0 Å². The maximum absolute atomic E-state index is 12.2. The number of aliphatic hydroxyl groups is 1. The minimum Gasteiger partial charge on any atom is -0.465 e. The summed E-state index contributed by atoms with van der Waals surface area (Å²) in [7, 11) is 0. The first-order chi connectivity index (χ1) is 20.4. The Morgan fingerprint density at radius 2 is 1.67 bits per heavy atom. The maximum Gasteiger partial charge on any atom is 0.325 e. The van der Waals surface area contributed by atoms with Gasteiger partial charge in [0.1, 0.15) is 6.54 Å². The van der Waals surface area contributed by atoms with Crippen LogP contribution in [-0.4, -0.2) is 79.9 Å². The van der Waals surface area contributed by atoms with Gasteiger partial charge in [-0.1, -0.05) is 43.3 Å². The van der Waals surface area contributed by atoms with Crippen molar-refractivity contribution < 1.29 is 38.4 Å². The SMILES string of the molecule is CCOC(=O)CNC(=O)Nc1ccc([C@H]2O[C@@H](CN3CCC4(CC3)OCCO4)[C@@H](C)[C@@H](c3ccc(CO)cc3)O2)cc1. The number of urea groups is 1. The average Bonchev–Trinajstić information content (AvgIpc) is 3.47. The summed E-state index contributed by atoms with van der Waals surface area (Å²) in [4.78, 5) is 26.1. The van der Waals surface area contributed by atoms with Crippen LogP contribution in [0.4, 0.5) is 10.5 Å². The molecule has 3 aliphatic rings. The van der Waals surface area contributed by atoms with E-state index in [9.17, 15) is 14.7 Å². The van der Waals surface area contributed by atoms with Gasteiger partial charge in [-0.05, 0) is 30.2 Å². The first kappa shape index (κ1) is 30.4. The predicted molar refractivity (Wildman–Crippen MR) is 153 cm³/mol.